The van der Waals surface area contributed by atoms with E-state index in [1.54, 1.807) is 29.9 Å². The van der Waals surface area contributed by atoms with Crippen molar-refractivity contribution in [3.05, 3.63) is 58.9 Å². The van der Waals surface area contributed by atoms with Gasteiger partial charge in [-0.3, -0.25) is 14.4 Å². The largest absolute Gasteiger partial charge is 0.481 e. The predicted molar refractivity (Wildman–Crippen MR) is 89.1 cm³/mol. The molecule has 2 rings (SSSR count). The smallest absolute Gasteiger partial charge is 0.305 e. The summed E-state index contributed by atoms with van der Waals surface area (Å²) in [6.07, 6.45) is 1.36. The molecule has 1 atom stereocenters. The van der Waals surface area contributed by atoms with Gasteiger partial charge in [0.1, 0.15) is 5.69 Å². The van der Waals surface area contributed by atoms with E-state index in [9.17, 15) is 14.4 Å². The van der Waals surface area contributed by atoms with Crippen LogP contribution in [0.5, 0.6) is 0 Å². The molecule has 1 amide bonds. The SMILES string of the molecule is CC(=O)c1cc(C(=O)NC(CC(=O)O)c2ccc(C)cc2)n(C)c1. The summed E-state index contributed by atoms with van der Waals surface area (Å²) in [6.45, 7) is 3.36. The normalized spacial score (nSPS) is 11.8. The Bertz CT molecular complexity index is 775. The third-order valence-electron chi connectivity index (χ3n) is 3.81. The first-order valence-corrected chi connectivity index (χ1v) is 7.54. The van der Waals surface area contributed by atoms with Crippen LogP contribution < -0.4 is 5.32 Å². The fraction of sp³-hybridized carbons (Fsp3) is 0.278. The zero-order valence-electron chi connectivity index (χ0n) is 13.9. The maximum atomic E-state index is 12.5. The zero-order valence-corrected chi connectivity index (χ0v) is 13.9. The van der Waals surface area contributed by atoms with E-state index in [0.29, 0.717) is 11.3 Å². The van der Waals surface area contributed by atoms with Gasteiger partial charge in [-0.2, -0.15) is 0 Å². The van der Waals surface area contributed by atoms with Crippen molar-refractivity contribution < 1.29 is 19.5 Å². The number of carboxylic acids is 1. The van der Waals surface area contributed by atoms with Crippen LogP contribution in [-0.2, 0) is 11.8 Å². The van der Waals surface area contributed by atoms with E-state index in [0.717, 1.165) is 11.1 Å². The van der Waals surface area contributed by atoms with Gasteiger partial charge < -0.3 is 15.0 Å². The van der Waals surface area contributed by atoms with Crippen molar-refractivity contribution in [1.82, 2.24) is 9.88 Å². The molecule has 2 N–H and O–H groups in total. The zero-order chi connectivity index (χ0) is 17.9. The van der Waals surface area contributed by atoms with E-state index in [1.807, 2.05) is 19.1 Å². The van der Waals surface area contributed by atoms with Gasteiger partial charge in [0.2, 0.25) is 0 Å². The number of carboxylic acid groups (broad SMARTS) is 1. The molecule has 1 heterocycles. The Morgan fingerprint density at radius 2 is 1.83 bits per heavy atom. The molecule has 1 aromatic carbocycles. The topological polar surface area (TPSA) is 88.4 Å². The second kappa shape index (κ2) is 7.12. The van der Waals surface area contributed by atoms with Crippen LogP contribution in [0, 0.1) is 6.92 Å². The van der Waals surface area contributed by atoms with Gasteiger partial charge >= 0.3 is 5.97 Å². The lowest BCUT2D eigenvalue weighted by Gasteiger charge is -2.18. The highest BCUT2D eigenvalue weighted by Gasteiger charge is 2.21. The molecular weight excluding hydrogens is 308 g/mol. The Hall–Kier alpha value is -2.89. The highest BCUT2D eigenvalue weighted by molar-refractivity contribution is 5.99. The number of carbonyl (C=O) groups is 3. The molecule has 0 aliphatic heterocycles. The molecule has 0 bridgehead atoms. The molecule has 6 nitrogen and oxygen atoms in total. The van der Waals surface area contributed by atoms with E-state index in [1.165, 1.54) is 13.0 Å². The van der Waals surface area contributed by atoms with Gasteiger partial charge in [0.25, 0.3) is 5.91 Å². The Morgan fingerprint density at radius 3 is 2.33 bits per heavy atom. The van der Waals surface area contributed by atoms with E-state index in [4.69, 9.17) is 5.11 Å². The van der Waals surface area contributed by atoms with Crippen LogP contribution in [0.2, 0.25) is 0 Å². The quantitative estimate of drug-likeness (QED) is 0.797. The highest BCUT2D eigenvalue weighted by atomic mass is 16.4. The van der Waals surface area contributed by atoms with Crippen LogP contribution in [0.15, 0.2) is 36.5 Å². The lowest BCUT2D eigenvalue weighted by Crippen LogP contribution is -2.31. The number of aryl methyl sites for hydroxylation is 2. The Morgan fingerprint density at radius 1 is 1.21 bits per heavy atom. The van der Waals surface area contributed by atoms with Gasteiger partial charge in [-0.1, -0.05) is 29.8 Å². The summed E-state index contributed by atoms with van der Waals surface area (Å²) in [5, 5.41) is 11.9. The van der Waals surface area contributed by atoms with Gasteiger partial charge in [-0.05, 0) is 25.5 Å². The summed E-state index contributed by atoms with van der Waals surface area (Å²) in [7, 11) is 1.67. The number of aromatic nitrogens is 1. The highest BCUT2D eigenvalue weighted by Crippen LogP contribution is 2.19. The fourth-order valence-electron chi connectivity index (χ4n) is 2.44. The minimum absolute atomic E-state index is 0.134. The number of hydrogen-bond donors (Lipinski definition) is 2. The Kier molecular flexibility index (Phi) is 5.18. The monoisotopic (exact) mass is 328 g/mol. The molecule has 0 aliphatic carbocycles. The van der Waals surface area contributed by atoms with Crippen LogP contribution in [0.1, 0.15) is 51.4 Å². The Balaban J connectivity index is 2.25. The summed E-state index contributed by atoms with van der Waals surface area (Å²) in [5.41, 5.74) is 2.51. The molecule has 2 aromatic rings. The number of hydrogen-bond acceptors (Lipinski definition) is 3. The van der Waals surface area contributed by atoms with Gasteiger partial charge in [-0.25, -0.2) is 0 Å². The minimum Gasteiger partial charge on any atom is -0.481 e. The second-order valence-electron chi connectivity index (χ2n) is 5.82. The lowest BCUT2D eigenvalue weighted by molar-refractivity contribution is -0.137. The van der Waals surface area contributed by atoms with Gasteiger partial charge in [0.05, 0.1) is 12.5 Å². The number of nitrogens with zero attached hydrogens (tertiary/aromatic N) is 1. The first-order valence-electron chi connectivity index (χ1n) is 7.54. The summed E-state index contributed by atoms with van der Waals surface area (Å²) < 4.78 is 1.55. The number of rotatable bonds is 6. The first-order chi connectivity index (χ1) is 11.3. The number of ketones is 1. The number of benzene rings is 1. The van der Waals surface area contributed by atoms with Crippen molar-refractivity contribution in [3.8, 4) is 0 Å². The number of Topliss-reactive ketones (excluding diaryl/α,β-unsaturated/α-hetero) is 1. The standard InChI is InChI=1S/C18H20N2O4/c1-11-4-6-13(7-5-11)15(9-17(22)23)19-18(24)16-8-14(12(2)21)10-20(16)3/h4-8,10,15H,9H2,1-3H3,(H,19,24)(H,22,23). The first kappa shape index (κ1) is 17.5. The average Bonchev–Trinajstić information content (AvgIpc) is 2.89. The second-order valence-corrected chi connectivity index (χ2v) is 5.82. The number of nitrogens with one attached hydrogen (secondary N) is 1. The van der Waals surface area contributed by atoms with E-state index < -0.39 is 17.9 Å². The van der Waals surface area contributed by atoms with E-state index >= 15 is 0 Å². The van der Waals surface area contributed by atoms with Crippen molar-refractivity contribution in [3.63, 3.8) is 0 Å². The van der Waals surface area contributed by atoms with Crippen LogP contribution >= 0.6 is 0 Å². The molecular formula is C18H20N2O4. The molecule has 0 saturated heterocycles. The molecule has 0 fully saturated rings. The number of aliphatic carboxylic acids is 1. The van der Waals surface area contributed by atoms with Crippen molar-refractivity contribution in [2.45, 2.75) is 26.3 Å². The molecule has 24 heavy (non-hydrogen) atoms. The molecule has 0 saturated carbocycles. The predicted octanol–water partition coefficient (Wildman–Crippen LogP) is 2.48. The summed E-state index contributed by atoms with van der Waals surface area (Å²) in [4.78, 5) is 35.1. The molecule has 0 radical (unpaired) electrons. The maximum absolute atomic E-state index is 12.5. The van der Waals surface area contributed by atoms with E-state index in [-0.39, 0.29) is 12.2 Å². The fourth-order valence-corrected chi connectivity index (χ4v) is 2.44. The van der Waals surface area contributed by atoms with E-state index in [2.05, 4.69) is 5.32 Å². The molecule has 0 aliphatic rings. The van der Waals surface area contributed by atoms with Crippen molar-refractivity contribution in [2.24, 2.45) is 7.05 Å². The molecule has 1 aromatic heterocycles. The Labute approximate surface area is 140 Å². The van der Waals surface area contributed by atoms with Crippen LogP contribution in [0.4, 0.5) is 0 Å². The third-order valence-corrected chi connectivity index (χ3v) is 3.81. The summed E-state index contributed by atoms with van der Waals surface area (Å²) >= 11 is 0. The number of carbonyl (C=O) groups excluding carboxylic acids is 2. The average molecular weight is 328 g/mol. The summed E-state index contributed by atoms with van der Waals surface area (Å²) in [6, 6.07) is 8.19. The third kappa shape index (κ3) is 4.10. The van der Waals surface area contributed by atoms with Crippen molar-refractivity contribution in [2.75, 3.05) is 0 Å². The van der Waals surface area contributed by atoms with Gasteiger partial charge in [0.15, 0.2) is 5.78 Å². The van der Waals surface area contributed by atoms with Crippen LogP contribution in [0.25, 0.3) is 0 Å². The minimum atomic E-state index is -1.00. The van der Waals surface area contributed by atoms with Crippen LogP contribution in [0.3, 0.4) is 0 Å². The molecule has 0 spiro atoms. The van der Waals surface area contributed by atoms with Crippen molar-refractivity contribution >= 4 is 17.7 Å². The molecule has 126 valence electrons. The summed E-state index contributed by atoms with van der Waals surface area (Å²) in [5.74, 6) is -1.56. The van der Waals surface area contributed by atoms with Gasteiger partial charge in [-0.15, -0.1) is 0 Å². The lowest BCUT2D eigenvalue weighted by atomic mass is 10.0. The van der Waals surface area contributed by atoms with Crippen LogP contribution in [-0.4, -0.2) is 27.3 Å². The molecule has 6 heteroatoms. The molecule has 1 unspecified atom stereocenters. The number of amides is 1. The van der Waals surface area contributed by atoms with Gasteiger partial charge in [0, 0.05) is 18.8 Å². The van der Waals surface area contributed by atoms with Crippen molar-refractivity contribution in [1.29, 1.82) is 0 Å². The maximum Gasteiger partial charge on any atom is 0.305 e.